The van der Waals surface area contributed by atoms with E-state index in [1.807, 2.05) is 0 Å². The molecule has 0 aromatic carbocycles. The minimum Gasteiger partial charge on any atom is -0.392 e. The Balaban J connectivity index is 2.94. The Labute approximate surface area is 503 Å². The van der Waals surface area contributed by atoms with E-state index in [1.54, 1.807) is 0 Å². The zero-order chi connectivity index (χ0) is 58.2. The topological polar surface area (TPSA) is 82.7 Å². The van der Waals surface area contributed by atoms with E-state index in [2.05, 4.69) is 73.0 Å². The van der Waals surface area contributed by atoms with Crippen molar-refractivity contribution >= 4 is 0 Å². The van der Waals surface area contributed by atoms with Crippen molar-refractivity contribution in [1.82, 2.24) is 24.5 Å². The van der Waals surface area contributed by atoms with Crippen LogP contribution < -0.4 is 5.73 Å². The maximum absolute atomic E-state index is 11.6. The third kappa shape index (κ3) is 51.0. The van der Waals surface area contributed by atoms with Crippen LogP contribution >= 0.6 is 0 Å². The van der Waals surface area contributed by atoms with Crippen molar-refractivity contribution in [3.8, 4) is 0 Å². The van der Waals surface area contributed by atoms with Gasteiger partial charge in [0.05, 0.1) is 12.2 Å². The van der Waals surface area contributed by atoms with Gasteiger partial charge in [0.2, 0.25) is 0 Å². The van der Waals surface area contributed by atoms with Crippen molar-refractivity contribution in [3.63, 3.8) is 0 Å². The van der Waals surface area contributed by atoms with Crippen molar-refractivity contribution < 1.29 is 10.2 Å². The summed E-state index contributed by atoms with van der Waals surface area (Å²) in [5, 5.41) is 23.0. The molecule has 8 nitrogen and oxygen atoms in total. The smallest absolute Gasteiger partial charge is 0.0667 e. The average Bonchev–Trinajstić information content (AvgIpc) is 3.45. The van der Waals surface area contributed by atoms with E-state index in [0.717, 1.165) is 129 Å². The van der Waals surface area contributed by atoms with E-state index in [1.165, 1.54) is 270 Å². The Morgan fingerprint density at radius 2 is 0.550 bits per heavy atom. The number of hydrogen-bond acceptors (Lipinski definition) is 8. The molecule has 1 rings (SSSR count). The second kappa shape index (κ2) is 59.0. The van der Waals surface area contributed by atoms with Crippen molar-refractivity contribution in [2.75, 3.05) is 98.2 Å². The van der Waals surface area contributed by atoms with Crippen molar-refractivity contribution in [2.24, 2.45) is 17.6 Å². The van der Waals surface area contributed by atoms with Crippen LogP contribution in [0.25, 0.3) is 0 Å². The fourth-order valence-corrected chi connectivity index (χ4v) is 13.0. The van der Waals surface area contributed by atoms with E-state index in [-0.39, 0.29) is 18.2 Å². The summed E-state index contributed by atoms with van der Waals surface area (Å²) in [7, 11) is 0. The molecule has 0 bridgehead atoms. The van der Waals surface area contributed by atoms with Gasteiger partial charge in [-0.25, -0.2) is 0 Å². The largest absolute Gasteiger partial charge is 0.392 e. The second-order valence-corrected chi connectivity index (χ2v) is 27.1. The SMILES string of the molecule is CCCCCCCCCCC(C)CN(CCN(CCN1CCN(CCN(CC(N)CCCCCCCCCC)CC(O)CCCCCCCCCC)CC1)CC(O)CCCCCCCCCC)CC(C)CCCCCCCCCC. The summed E-state index contributed by atoms with van der Waals surface area (Å²) < 4.78 is 0. The zero-order valence-electron chi connectivity index (χ0n) is 56.0. The van der Waals surface area contributed by atoms with Crippen LogP contribution in [0.2, 0.25) is 0 Å². The Bertz CT molecular complexity index is 1150. The Morgan fingerprint density at radius 1 is 0.300 bits per heavy atom. The minimum atomic E-state index is -0.262. The molecule has 0 aliphatic carbocycles. The molecule has 1 heterocycles. The lowest BCUT2D eigenvalue weighted by atomic mass is 9.98. The number of piperazine rings is 1. The van der Waals surface area contributed by atoms with E-state index < -0.39 is 0 Å². The van der Waals surface area contributed by atoms with Gasteiger partial charge in [-0.1, -0.05) is 305 Å². The molecule has 4 N–H and O–H groups in total. The van der Waals surface area contributed by atoms with Gasteiger partial charge in [-0.3, -0.25) is 19.6 Å². The predicted octanol–water partition coefficient (Wildman–Crippen LogP) is 18.5. The zero-order valence-corrected chi connectivity index (χ0v) is 56.0. The minimum absolute atomic E-state index is 0.183. The highest BCUT2D eigenvalue weighted by molar-refractivity contribution is 4.79. The molecule has 1 fully saturated rings. The molecular weight excluding hydrogens is 981 g/mol. The van der Waals surface area contributed by atoms with Crippen LogP contribution in [-0.4, -0.2) is 151 Å². The standard InChI is InChI=1S/C72H150N6O2/c1-8-13-18-23-28-33-38-43-48-68(6)63-77(64-69(7)49-44-39-34-29-24-19-14-9-2)62-60-76(66-71(79)51-46-41-36-31-26-21-16-11-4)59-57-74-53-55-75(56-54-74)58-61-78(65-70(73)50-45-40-35-30-25-20-15-10-3)67-72(80)52-47-42-37-32-27-22-17-12-5/h68-72,79-80H,8-67,73H2,1-7H3. The first-order valence-corrected chi connectivity index (χ1v) is 36.9. The molecule has 1 aliphatic heterocycles. The van der Waals surface area contributed by atoms with Crippen molar-refractivity contribution in [3.05, 3.63) is 0 Å². The molecule has 0 spiro atoms. The van der Waals surface area contributed by atoms with Crippen LogP contribution in [0.4, 0.5) is 0 Å². The van der Waals surface area contributed by atoms with Gasteiger partial charge in [0.25, 0.3) is 0 Å². The quantitative estimate of drug-likeness (QED) is 0.0520. The highest BCUT2D eigenvalue weighted by Gasteiger charge is 2.23. The van der Waals surface area contributed by atoms with Crippen LogP contribution in [0.1, 0.15) is 337 Å². The number of unbranched alkanes of at least 4 members (excludes halogenated alkanes) is 35. The summed E-state index contributed by atoms with van der Waals surface area (Å²) in [4.78, 5) is 13.5. The van der Waals surface area contributed by atoms with E-state index in [4.69, 9.17) is 5.73 Å². The van der Waals surface area contributed by atoms with Crippen LogP contribution in [0, 0.1) is 11.8 Å². The van der Waals surface area contributed by atoms with Crippen LogP contribution in [0.5, 0.6) is 0 Å². The number of aliphatic hydroxyl groups is 2. The third-order valence-corrected chi connectivity index (χ3v) is 18.5. The molecule has 0 aromatic rings. The Kier molecular flexibility index (Phi) is 57.3. The monoisotopic (exact) mass is 1130 g/mol. The molecule has 80 heavy (non-hydrogen) atoms. The van der Waals surface area contributed by atoms with E-state index >= 15 is 0 Å². The van der Waals surface area contributed by atoms with Gasteiger partial charge in [0.1, 0.15) is 0 Å². The first-order valence-electron chi connectivity index (χ1n) is 36.9. The second-order valence-electron chi connectivity index (χ2n) is 27.1. The molecule has 0 radical (unpaired) electrons. The highest BCUT2D eigenvalue weighted by atomic mass is 16.3. The molecule has 5 atom stereocenters. The summed E-state index contributed by atoms with van der Waals surface area (Å²) in [5.41, 5.74) is 6.89. The molecule has 480 valence electrons. The van der Waals surface area contributed by atoms with Crippen LogP contribution in [0.3, 0.4) is 0 Å². The number of aliphatic hydroxyl groups excluding tert-OH is 2. The van der Waals surface area contributed by atoms with E-state index in [9.17, 15) is 10.2 Å². The first-order chi connectivity index (χ1) is 39.1. The van der Waals surface area contributed by atoms with Crippen LogP contribution in [-0.2, 0) is 0 Å². The molecule has 0 amide bonds. The Morgan fingerprint density at radius 3 is 0.887 bits per heavy atom. The Hall–Kier alpha value is -0.320. The predicted molar refractivity (Wildman–Crippen MR) is 357 cm³/mol. The van der Waals surface area contributed by atoms with Gasteiger partial charge in [0, 0.05) is 104 Å². The van der Waals surface area contributed by atoms with Crippen molar-refractivity contribution in [1.29, 1.82) is 0 Å². The number of nitrogens with two attached hydrogens (primary N) is 1. The summed E-state index contributed by atoms with van der Waals surface area (Å²) >= 11 is 0. The summed E-state index contributed by atoms with van der Waals surface area (Å²) in [6, 6.07) is 0.183. The molecule has 0 aromatic heterocycles. The number of rotatable bonds is 64. The molecule has 1 aliphatic rings. The normalized spacial score (nSPS) is 15.7. The lowest BCUT2D eigenvalue weighted by molar-refractivity contribution is 0.0671. The first kappa shape index (κ1) is 77.7. The van der Waals surface area contributed by atoms with Gasteiger partial charge in [-0.15, -0.1) is 0 Å². The number of hydrogen-bond donors (Lipinski definition) is 3. The molecule has 1 saturated heterocycles. The molecule has 0 saturated carbocycles. The summed E-state index contributed by atoms with van der Waals surface area (Å²) in [6.45, 7) is 32.4. The summed E-state index contributed by atoms with van der Waals surface area (Å²) in [6.07, 6.45) is 59.3. The van der Waals surface area contributed by atoms with E-state index in [0.29, 0.717) is 0 Å². The highest BCUT2D eigenvalue weighted by Crippen LogP contribution is 2.20. The van der Waals surface area contributed by atoms with Crippen LogP contribution in [0.15, 0.2) is 0 Å². The fraction of sp³-hybridized carbons (Fsp3) is 1.00. The van der Waals surface area contributed by atoms with Gasteiger partial charge >= 0.3 is 0 Å². The van der Waals surface area contributed by atoms with Gasteiger partial charge < -0.3 is 20.8 Å². The number of nitrogens with zero attached hydrogens (tertiary/aromatic N) is 5. The molecule has 8 heteroatoms. The molecular formula is C72H150N6O2. The van der Waals surface area contributed by atoms with Gasteiger partial charge in [0.15, 0.2) is 0 Å². The van der Waals surface area contributed by atoms with Crippen molar-refractivity contribution in [2.45, 2.75) is 356 Å². The maximum atomic E-state index is 11.6. The maximum Gasteiger partial charge on any atom is 0.0667 e. The van der Waals surface area contributed by atoms with Gasteiger partial charge in [-0.05, 0) is 43.9 Å². The lowest BCUT2D eigenvalue weighted by Gasteiger charge is -2.38. The average molecular weight is 1130 g/mol. The van der Waals surface area contributed by atoms with Gasteiger partial charge in [-0.2, -0.15) is 0 Å². The lowest BCUT2D eigenvalue weighted by Crippen LogP contribution is -2.51. The molecule has 5 unspecified atom stereocenters. The third-order valence-electron chi connectivity index (χ3n) is 18.5. The summed E-state index contributed by atoms with van der Waals surface area (Å²) in [5.74, 6) is 1.46. The fourth-order valence-electron chi connectivity index (χ4n) is 13.0.